The van der Waals surface area contributed by atoms with E-state index in [4.69, 9.17) is 0 Å². The molecule has 0 bridgehead atoms. The Morgan fingerprint density at radius 3 is 2.50 bits per heavy atom. The zero-order chi connectivity index (χ0) is 19.5. The van der Waals surface area contributed by atoms with Crippen molar-refractivity contribution in [3.05, 3.63) is 83.7 Å². The molecule has 1 aromatic heterocycles. The minimum Gasteiger partial charge on any atom is -0.388 e. The van der Waals surface area contributed by atoms with Gasteiger partial charge < -0.3 is 10.6 Å². The lowest BCUT2D eigenvalue weighted by Crippen LogP contribution is -2.30. The van der Waals surface area contributed by atoms with Crippen molar-refractivity contribution < 1.29 is 4.79 Å². The first kappa shape index (κ1) is 18.2. The SMILES string of the molecule is CNc1ccc(-c2cccc(C(=O)NC(c3cc(C)ccn3)C3CC3)c2)cc1. The van der Waals surface area contributed by atoms with Gasteiger partial charge in [0.1, 0.15) is 0 Å². The van der Waals surface area contributed by atoms with Crippen LogP contribution in [-0.2, 0) is 0 Å². The van der Waals surface area contributed by atoms with Crippen molar-refractivity contribution in [1.82, 2.24) is 10.3 Å². The standard InChI is InChI=1S/C24H25N3O/c1-16-12-13-26-22(14-16)23(18-6-7-18)27-24(28)20-5-3-4-19(15-20)17-8-10-21(25-2)11-9-17/h3-5,8-15,18,23,25H,6-7H2,1-2H3,(H,27,28). The molecule has 1 heterocycles. The molecule has 1 fully saturated rings. The van der Waals surface area contributed by atoms with E-state index in [9.17, 15) is 4.79 Å². The molecule has 28 heavy (non-hydrogen) atoms. The van der Waals surface area contributed by atoms with Crippen LogP contribution in [0.2, 0.25) is 0 Å². The van der Waals surface area contributed by atoms with Crippen molar-refractivity contribution in [2.24, 2.45) is 5.92 Å². The van der Waals surface area contributed by atoms with E-state index in [1.807, 2.05) is 55.7 Å². The fourth-order valence-corrected chi connectivity index (χ4v) is 3.49. The number of pyridine rings is 1. The van der Waals surface area contributed by atoms with E-state index in [1.54, 1.807) is 0 Å². The molecule has 142 valence electrons. The normalized spacial score (nSPS) is 14.4. The largest absolute Gasteiger partial charge is 0.388 e. The number of hydrogen-bond donors (Lipinski definition) is 2. The van der Waals surface area contributed by atoms with Crippen molar-refractivity contribution in [1.29, 1.82) is 0 Å². The first-order chi connectivity index (χ1) is 13.6. The molecule has 4 heteroatoms. The Labute approximate surface area is 166 Å². The lowest BCUT2D eigenvalue weighted by Gasteiger charge is -2.18. The molecule has 2 aromatic carbocycles. The Morgan fingerprint density at radius 2 is 1.82 bits per heavy atom. The van der Waals surface area contributed by atoms with Crippen molar-refractivity contribution in [3.63, 3.8) is 0 Å². The second-order valence-electron chi connectivity index (χ2n) is 7.45. The summed E-state index contributed by atoms with van der Waals surface area (Å²) in [6, 6.07) is 20.0. The fourth-order valence-electron chi connectivity index (χ4n) is 3.49. The summed E-state index contributed by atoms with van der Waals surface area (Å²) in [5, 5.41) is 6.35. The van der Waals surface area contributed by atoms with Gasteiger partial charge in [0.15, 0.2) is 0 Å². The van der Waals surface area contributed by atoms with Crippen LogP contribution >= 0.6 is 0 Å². The summed E-state index contributed by atoms with van der Waals surface area (Å²) in [4.78, 5) is 17.5. The summed E-state index contributed by atoms with van der Waals surface area (Å²) < 4.78 is 0. The third kappa shape index (κ3) is 4.06. The van der Waals surface area contributed by atoms with E-state index in [2.05, 4.69) is 40.7 Å². The number of nitrogens with zero attached hydrogens (tertiary/aromatic N) is 1. The van der Waals surface area contributed by atoms with Gasteiger partial charge in [-0.2, -0.15) is 0 Å². The predicted octanol–water partition coefficient (Wildman–Crippen LogP) is 4.98. The van der Waals surface area contributed by atoms with Crippen LogP contribution in [0.25, 0.3) is 11.1 Å². The third-order valence-corrected chi connectivity index (χ3v) is 5.27. The number of aromatic nitrogens is 1. The summed E-state index contributed by atoms with van der Waals surface area (Å²) in [5.74, 6) is 0.435. The number of nitrogens with one attached hydrogen (secondary N) is 2. The lowest BCUT2D eigenvalue weighted by atomic mass is 10.0. The number of carbonyl (C=O) groups excluding carboxylic acids is 1. The Balaban J connectivity index is 1.55. The molecule has 1 amide bonds. The highest BCUT2D eigenvalue weighted by Crippen LogP contribution is 2.40. The van der Waals surface area contributed by atoms with E-state index in [1.165, 1.54) is 0 Å². The van der Waals surface area contributed by atoms with Gasteiger partial charge in [-0.3, -0.25) is 9.78 Å². The molecule has 1 unspecified atom stereocenters. The molecular formula is C24H25N3O. The zero-order valence-electron chi connectivity index (χ0n) is 16.3. The molecule has 4 rings (SSSR count). The Morgan fingerprint density at radius 1 is 1.04 bits per heavy atom. The van der Waals surface area contributed by atoms with E-state index >= 15 is 0 Å². The quantitative estimate of drug-likeness (QED) is 0.642. The lowest BCUT2D eigenvalue weighted by molar-refractivity contribution is 0.0930. The highest BCUT2D eigenvalue weighted by molar-refractivity contribution is 5.95. The van der Waals surface area contributed by atoms with Crippen LogP contribution in [0.4, 0.5) is 5.69 Å². The Hall–Kier alpha value is -3.14. The minimum atomic E-state index is -0.0473. The molecular weight excluding hydrogens is 346 g/mol. The van der Waals surface area contributed by atoms with Crippen LogP contribution in [0, 0.1) is 12.8 Å². The van der Waals surface area contributed by atoms with Gasteiger partial charge in [0.05, 0.1) is 11.7 Å². The molecule has 2 N–H and O–H groups in total. The number of aryl methyl sites for hydroxylation is 1. The van der Waals surface area contributed by atoms with Gasteiger partial charge in [-0.25, -0.2) is 0 Å². The van der Waals surface area contributed by atoms with E-state index < -0.39 is 0 Å². The summed E-state index contributed by atoms with van der Waals surface area (Å²) in [6.45, 7) is 2.06. The zero-order valence-corrected chi connectivity index (χ0v) is 16.3. The first-order valence-electron chi connectivity index (χ1n) is 9.76. The van der Waals surface area contributed by atoms with E-state index in [-0.39, 0.29) is 11.9 Å². The monoisotopic (exact) mass is 371 g/mol. The van der Waals surface area contributed by atoms with E-state index in [0.29, 0.717) is 11.5 Å². The maximum atomic E-state index is 13.0. The number of rotatable bonds is 6. The average molecular weight is 371 g/mol. The maximum Gasteiger partial charge on any atom is 0.251 e. The van der Waals surface area contributed by atoms with Gasteiger partial charge >= 0.3 is 0 Å². The number of benzene rings is 2. The number of hydrogen-bond acceptors (Lipinski definition) is 3. The smallest absolute Gasteiger partial charge is 0.251 e. The molecule has 4 nitrogen and oxygen atoms in total. The van der Waals surface area contributed by atoms with Crippen molar-refractivity contribution in [2.45, 2.75) is 25.8 Å². The minimum absolute atomic E-state index is 0.0223. The summed E-state index contributed by atoms with van der Waals surface area (Å²) in [6.07, 6.45) is 4.10. The molecule has 0 saturated heterocycles. The van der Waals surface area contributed by atoms with Gasteiger partial charge in [0.2, 0.25) is 0 Å². The highest BCUT2D eigenvalue weighted by Gasteiger charge is 2.34. The van der Waals surface area contributed by atoms with Gasteiger partial charge in [0, 0.05) is 24.5 Å². The number of amides is 1. The van der Waals surface area contributed by atoms with Crippen LogP contribution in [0.15, 0.2) is 66.9 Å². The third-order valence-electron chi connectivity index (χ3n) is 5.27. The molecule has 1 saturated carbocycles. The van der Waals surface area contributed by atoms with Gasteiger partial charge in [-0.05, 0) is 78.8 Å². The first-order valence-corrected chi connectivity index (χ1v) is 9.76. The van der Waals surface area contributed by atoms with Crippen LogP contribution in [0.1, 0.15) is 40.5 Å². The molecule has 1 aliphatic rings. The van der Waals surface area contributed by atoms with E-state index in [0.717, 1.165) is 40.9 Å². The second kappa shape index (κ2) is 7.85. The topological polar surface area (TPSA) is 54.0 Å². The summed E-state index contributed by atoms with van der Waals surface area (Å²) in [5.41, 5.74) is 5.98. The van der Waals surface area contributed by atoms with Crippen LogP contribution in [-0.4, -0.2) is 17.9 Å². The Bertz CT molecular complexity index is 977. The Kier molecular flexibility index (Phi) is 5.11. The molecule has 1 atom stereocenters. The van der Waals surface area contributed by atoms with Gasteiger partial charge in [0.25, 0.3) is 5.91 Å². The average Bonchev–Trinajstić information content (AvgIpc) is 3.57. The summed E-state index contributed by atoms with van der Waals surface area (Å²) >= 11 is 0. The van der Waals surface area contributed by atoms with Gasteiger partial charge in [-0.15, -0.1) is 0 Å². The van der Waals surface area contributed by atoms with Gasteiger partial charge in [-0.1, -0.05) is 24.3 Å². The van der Waals surface area contributed by atoms with Crippen LogP contribution in [0.3, 0.4) is 0 Å². The van der Waals surface area contributed by atoms with Crippen molar-refractivity contribution >= 4 is 11.6 Å². The second-order valence-corrected chi connectivity index (χ2v) is 7.45. The molecule has 0 radical (unpaired) electrons. The summed E-state index contributed by atoms with van der Waals surface area (Å²) in [7, 11) is 1.90. The molecule has 3 aromatic rings. The predicted molar refractivity (Wildman–Crippen MR) is 113 cm³/mol. The van der Waals surface area contributed by atoms with Crippen LogP contribution < -0.4 is 10.6 Å². The maximum absolute atomic E-state index is 13.0. The molecule has 0 spiro atoms. The van der Waals surface area contributed by atoms with Crippen LogP contribution in [0.5, 0.6) is 0 Å². The fraction of sp³-hybridized carbons (Fsp3) is 0.250. The molecule has 0 aliphatic heterocycles. The van der Waals surface area contributed by atoms with Crippen molar-refractivity contribution in [3.8, 4) is 11.1 Å². The number of carbonyl (C=O) groups is 1. The highest BCUT2D eigenvalue weighted by atomic mass is 16.1. The molecule has 1 aliphatic carbocycles. The number of anilines is 1. The van der Waals surface area contributed by atoms with Crippen molar-refractivity contribution in [2.75, 3.05) is 12.4 Å².